The van der Waals surface area contributed by atoms with Gasteiger partial charge in [-0.25, -0.2) is 0 Å². The quantitative estimate of drug-likeness (QED) is 0.204. The van der Waals surface area contributed by atoms with Crippen LogP contribution in [0.5, 0.6) is 23.0 Å². The number of piperidine rings is 1. The highest BCUT2D eigenvalue weighted by atomic mass is 16.5. The largest absolute Gasteiger partial charge is 0.493 e. The molecule has 0 spiro atoms. The number of ether oxygens (including phenoxy) is 3. The third-order valence-electron chi connectivity index (χ3n) is 6.33. The summed E-state index contributed by atoms with van der Waals surface area (Å²) in [5, 5.41) is 4.32. The fourth-order valence-electron chi connectivity index (χ4n) is 4.38. The van der Waals surface area contributed by atoms with Gasteiger partial charge < -0.3 is 35.9 Å². The minimum Gasteiger partial charge on any atom is -0.493 e. The molecule has 5 rings (SSSR count). The average Bonchev–Trinajstić information content (AvgIpc) is 3.04. The van der Waals surface area contributed by atoms with Gasteiger partial charge in [0.15, 0.2) is 11.5 Å². The molecule has 9 heteroatoms. The first-order valence-electron chi connectivity index (χ1n) is 14.4. The predicted octanol–water partition coefficient (Wildman–Crippen LogP) is 6.87. The molecule has 0 unspecified atom stereocenters. The summed E-state index contributed by atoms with van der Waals surface area (Å²) in [6.07, 6.45) is 4.06. The van der Waals surface area contributed by atoms with E-state index in [1.165, 1.54) is 5.69 Å². The van der Waals surface area contributed by atoms with Crippen LogP contribution in [0.2, 0.25) is 0 Å². The second-order valence-electron chi connectivity index (χ2n) is 8.80. The summed E-state index contributed by atoms with van der Waals surface area (Å²) in [5.41, 5.74) is 14.2. The number of nitrogens with zero attached hydrogens (tertiary/aromatic N) is 2. The molecule has 1 aliphatic heterocycles. The number of methoxy groups -OCH3 is 2. The Balaban J connectivity index is 0.000000813. The van der Waals surface area contributed by atoms with Crippen molar-refractivity contribution in [2.45, 2.75) is 46.6 Å². The van der Waals surface area contributed by atoms with E-state index in [0.29, 0.717) is 23.3 Å². The van der Waals surface area contributed by atoms with Crippen molar-refractivity contribution in [2.75, 3.05) is 37.5 Å². The van der Waals surface area contributed by atoms with Gasteiger partial charge in [0.25, 0.3) is 0 Å². The number of benzene rings is 3. The maximum atomic E-state index is 8.58. The van der Waals surface area contributed by atoms with E-state index in [0.717, 1.165) is 54.0 Å². The lowest BCUT2D eigenvalue weighted by atomic mass is 10.1. The van der Waals surface area contributed by atoms with Crippen molar-refractivity contribution in [1.82, 2.24) is 4.98 Å². The Morgan fingerprint density at radius 3 is 2.10 bits per heavy atom. The second-order valence-corrected chi connectivity index (χ2v) is 8.80. The van der Waals surface area contributed by atoms with Crippen molar-refractivity contribution in [3.05, 3.63) is 72.9 Å². The maximum absolute atomic E-state index is 8.58. The van der Waals surface area contributed by atoms with E-state index in [2.05, 4.69) is 45.2 Å². The van der Waals surface area contributed by atoms with Gasteiger partial charge in [-0.1, -0.05) is 33.8 Å². The summed E-state index contributed by atoms with van der Waals surface area (Å²) in [6.45, 7) is 10.0. The number of aromatic nitrogens is 1. The molecular formula is C33H45N5O4. The Bertz CT molecular complexity index is 1360. The Morgan fingerprint density at radius 1 is 0.857 bits per heavy atom. The molecule has 0 bridgehead atoms. The number of nitrogens with one attached hydrogen (secondary N) is 1. The van der Waals surface area contributed by atoms with E-state index in [1.807, 2.05) is 70.2 Å². The van der Waals surface area contributed by atoms with Crippen LogP contribution in [-0.2, 0) is 4.79 Å². The van der Waals surface area contributed by atoms with Crippen LogP contribution < -0.4 is 35.9 Å². The third kappa shape index (κ3) is 9.27. The van der Waals surface area contributed by atoms with Crippen LogP contribution in [0.1, 0.15) is 40.5 Å². The first-order valence-corrected chi connectivity index (χ1v) is 14.4. The molecule has 1 amide bonds. The van der Waals surface area contributed by atoms with E-state index in [9.17, 15) is 0 Å². The zero-order valence-electron chi connectivity index (χ0n) is 25.6. The van der Waals surface area contributed by atoms with Crippen molar-refractivity contribution in [3.8, 4) is 23.0 Å². The molecule has 0 saturated carbocycles. The number of amides is 1. The first-order chi connectivity index (χ1) is 20.5. The number of carbonyl (C=O) groups is 1. The molecule has 9 nitrogen and oxygen atoms in total. The number of primary amides is 1. The van der Waals surface area contributed by atoms with Gasteiger partial charge in [0.05, 0.1) is 19.7 Å². The molecule has 226 valence electrons. The summed E-state index contributed by atoms with van der Waals surface area (Å²) >= 11 is 0. The lowest BCUT2D eigenvalue weighted by Gasteiger charge is -2.32. The van der Waals surface area contributed by atoms with E-state index < -0.39 is 0 Å². The Labute approximate surface area is 249 Å². The van der Waals surface area contributed by atoms with Gasteiger partial charge >= 0.3 is 0 Å². The Hall–Kier alpha value is -4.50. The molecule has 4 aromatic rings. The van der Waals surface area contributed by atoms with Crippen LogP contribution in [0.4, 0.5) is 17.1 Å². The fraction of sp³-hybridized carbons (Fsp3) is 0.333. The first kappa shape index (κ1) is 33.7. The van der Waals surface area contributed by atoms with Crippen molar-refractivity contribution in [3.63, 3.8) is 0 Å². The van der Waals surface area contributed by atoms with Crippen LogP contribution >= 0.6 is 0 Å². The molecule has 3 aromatic carbocycles. The minimum absolute atomic E-state index is 0.250. The lowest BCUT2D eigenvalue weighted by molar-refractivity contribution is -0.106. The van der Waals surface area contributed by atoms with E-state index in [4.69, 9.17) is 24.7 Å². The van der Waals surface area contributed by atoms with Gasteiger partial charge in [-0.2, -0.15) is 0 Å². The standard InChI is InChI=1S/C28H30N4O3.2C2H6.CH3NO/c1-33-27-17-24-25(18-28(27)34-2)30-13-10-26(24)35-23-5-3-4-21(16-23)31-20-6-8-22(9-7-20)32-14-11-19(29)12-15-32;2*1-2;2-1-3/h3-10,13,16-19,31H,11-12,14-15,29H2,1-2H3;2*1-2H3;1H,(H2,2,3). The predicted molar refractivity (Wildman–Crippen MR) is 173 cm³/mol. The molecule has 1 aliphatic rings. The van der Waals surface area contributed by atoms with Crippen molar-refractivity contribution >= 4 is 34.4 Å². The highest BCUT2D eigenvalue weighted by Gasteiger charge is 2.16. The zero-order valence-corrected chi connectivity index (χ0v) is 25.6. The molecule has 2 heterocycles. The minimum atomic E-state index is 0.250. The van der Waals surface area contributed by atoms with Crippen LogP contribution in [-0.4, -0.2) is 44.7 Å². The van der Waals surface area contributed by atoms with Gasteiger partial charge in [0.2, 0.25) is 6.41 Å². The smallest absolute Gasteiger partial charge is 0.204 e. The summed E-state index contributed by atoms with van der Waals surface area (Å²) in [6, 6.07) is 22.3. The molecule has 0 atom stereocenters. The molecule has 1 saturated heterocycles. The van der Waals surface area contributed by atoms with Crippen LogP contribution in [0.25, 0.3) is 10.9 Å². The number of carbonyl (C=O) groups excluding carboxylic acids is 1. The van der Waals surface area contributed by atoms with E-state index in [1.54, 1.807) is 20.4 Å². The number of rotatable bonds is 7. The molecule has 1 fully saturated rings. The van der Waals surface area contributed by atoms with Crippen molar-refractivity contribution < 1.29 is 19.0 Å². The van der Waals surface area contributed by atoms with Crippen molar-refractivity contribution in [1.29, 1.82) is 0 Å². The van der Waals surface area contributed by atoms with Gasteiger partial charge in [-0.05, 0) is 61.4 Å². The molecule has 5 N–H and O–H groups in total. The summed E-state index contributed by atoms with van der Waals surface area (Å²) in [5.74, 6) is 2.67. The van der Waals surface area contributed by atoms with Gasteiger partial charge in [0.1, 0.15) is 11.5 Å². The van der Waals surface area contributed by atoms with Crippen LogP contribution in [0, 0.1) is 0 Å². The van der Waals surface area contributed by atoms with E-state index in [-0.39, 0.29) is 6.41 Å². The number of fused-ring (bicyclic) bond motifs is 1. The summed E-state index contributed by atoms with van der Waals surface area (Å²) in [4.78, 5) is 15.4. The monoisotopic (exact) mass is 575 g/mol. The van der Waals surface area contributed by atoms with Crippen molar-refractivity contribution in [2.24, 2.45) is 11.5 Å². The van der Waals surface area contributed by atoms with Crippen LogP contribution in [0.3, 0.4) is 0 Å². The molecule has 0 aliphatic carbocycles. The number of nitrogens with two attached hydrogens (primary N) is 2. The summed E-state index contributed by atoms with van der Waals surface area (Å²) < 4.78 is 17.1. The third-order valence-corrected chi connectivity index (χ3v) is 6.33. The SMILES string of the molecule is CC.CC.COc1cc2nccc(Oc3cccc(Nc4ccc(N5CCC(N)CC5)cc4)c3)c2cc1OC.NC=O. The lowest BCUT2D eigenvalue weighted by Crippen LogP contribution is -2.39. The Kier molecular flexibility index (Phi) is 14.5. The van der Waals surface area contributed by atoms with E-state index >= 15 is 0 Å². The normalized spacial score (nSPS) is 12.3. The molecular weight excluding hydrogens is 530 g/mol. The van der Waals surface area contributed by atoms with Crippen LogP contribution in [0.15, 0.2) is 72.9 Å². The molecule has 42 heavy (non-hydrogen) atoms. The molecule has 1 aromatic heterocycles. The fourth-order valence-corrected chi connectivity index (χ4v) is 4.38. The highest BCUT2D eigenvalue weighted by molar-refractivity contribution is 5.88. The number of hydrogen-bond acceptors (Lipinski definition) is 8. The maximum Gasteiger partial charge on any atom is 0.204 e. The van der Waals surface area contributed by atoms with Gasteiger partial charge in [-0.15, -0.1) is 0 Å². The van der Waals surface area contributed by atoms with Gasteiger partial charge in [-0.3, -0.25) is 9.78 Å². The second kappa shape index (κ2) is 18.0. The van der Waals surface area contributed by atoms with Gasteiger partial charge in [0, 0.05) is 59.9 Å². The average molecular weight is 576 g/mol. The molecule has 0 radical (unpaired) electrons. The highest BCUT2D eigenvalue weighted by Crippen LogP contribution is 2.37. The number of anilines is 3. The number of hydrogen-bond donors (Lipinski definition) is 3. The number of pyridine rings is 1. The Morgan fingerprint density at radius 2 is 1.48 bits per heavy atom. The summed E-state index contributed by atoms with van der Waals surface area (Å²) in [7, 11) is 3.23. The topological polar surface area (TPSA) is 125 Å². The zero-order chi connectivity index (χ0) is 30.9.